The molecule has 0 aliphatic heterocycles. The van der Waals surface area contributed by atoms with E-state index in [-0.39, 0.29) is 11.9 Å². The average molecular weight is 348 g/mol. The van der Waals surface area contributed by atoms with Crippen molar-refractivity contribution in [2.75, 3.05) is 5.43 Å². The van der Waals surface area contributed by atoms with Crippen LogP contribution < -0.4 is 5.43 Å². The molecule has 0 unspecified atom stereocenters. The van der Waals surface area contributed by atoms with Crippen molar-refractivity contribution in [3.63, 3.8) is 0 Å². The van der Waals surface area contributed by atoms with Crippen molar-refractivity contribution >= 4 is 28.0 Å². The molecule has 0 bridgehead atoms. The van der Waals surface area contributed by atoms with Crippen LogP contribution in [0.25, 0.3) is 0 Å². The number of halogens is 1. The summed E-state index contributed by atoms with van der Waals surface area (Å²) in [5.74, 6) is -0.682. The Labute approximate surface area is 125 Å². The van der Waals surface area contributed by atoms with Gasteiger partial charge in [0.25, 0.3) is 0 Å². The first-order valence-corrected chi connectivity index (χ1v) is 6.83. The lowest BCUT2D eigenvalue weighted by Crippen LogP contribution is -2.33. The lowest BCUT2D eigenvalue weighted by atomic mass is 10.2. The van der Waals surface area contributed by atoms with Crippen LogP contribution in [-0.2, 0) is 9.47 Å². The molecule has 1 amide bonds. The second-order valence-electron chi connectivity index (χ2n) is 5.32. The van der Waals surface area contributed by atoms with Gasteiger partial charge in [-0.1, -0.05) is 0 Å². The molecule has 0 spiro atoms. The summed E-state index contributed by atoms with van der Waals surface area (Å²) < 4.78 is 11.7. The van der Waals surface area contributed by atoms with E-state index in [0.717, 1.165) is 4.68 Å². The fourth-order valence-electron chi connectivity index (χ4n) is 1.25. The molecule has 1 aromatic rings. The van der Waals surface area contributed by atoms with E-state index in [4.69, 9.17) is 9.47 Å². The standard InChI is InChI=1S/C12H18BrN3O4/c1-7(2)19-10(17)9-14-8(13)6-16(9)15-11(18)20-12(3,4)5/h6-7H,1-5H3,(H,15,18). The number of hydrogen-bond donors (Lipinski definition) is 1. The summed E-state index contributed by atoms with van der Waals surface area (Å²) in [6, 6.07) is 0. The van der Waals surface area contributed by atoms with Gasteiger partial charge in [0.05, 0.1) is 12.3 Å². The van der Waals surface area contributed by atoms with E-state index in [1.165, 1.54) is 6.20 Å². The first-order valence-electron chi connectivity index (χ1n) is 6.04. The van der Waals surface area contributed by atoms with E-state index in [0.29, 0.717) is 4.60 Å². The largest absolute Gasteiger partial charge is 0.457 e. The molecule has 1 rings (SSSR count). The summed E-state index contributed by atoms with van der Waals surface area (Å²) in [7, 11) is 0. The van der Waals surface area contributed by atoms with Crippen LogP contribution in [0.3, 0.4) is 0 Å². The fourth-order valence-corrected chi connectivity index (χ4v) is 1.62. The number of imidazole rings is 1. The molecule has 0 aliphatic rings. The summed E-state index contributed by atoms with van der Waals surface area (Å²) in [5, 5.41) is 0. The van der Waals surface area contributed by atoms with Gasteiger partial charge < -0.3 is 9.47 Å². The second-order valence-corrected chi connectivity index (χ2v) is 6.14. The minimum absolute atomic E-state index is 0.0450. The topological polar surface area (TPSA) is 82.5 Å². The zero-order chi connectivity index (χ0) is 15.5. The molecule has 1 aromatic heterocycles. The van der Waals surface area contributed by atoms with Crippen molar-refractivity contribution in [1.82, 2.24) is 9.66 Å². The van der Waals surface area contributed by atoms with E-state index < -0.39 is 17.7 Å². The summed E-state index contributed by atoms with van der Waals surface area (Å²) >= 11 is 3.14. The van der Waals surface area contributed by atoms with Crippen molar-refractivity contribution in [1.29, 1.82) is 0 Å². The number of ether oxygens (including phenoxy) is 2. The zero-order valence-corrected chi connectivity index (χ0v) is 13.6. The maximum absolute atomic E-state index is 11.8. The Morgan fingerprint density at radius 2 is 2.00 bits per heavy atom. The van der Waals surface area contributed by atoms with Gasteiger partial charge >= 0.3 is 12.1 Å². The molecule has 0 aromatic carbocycles. The number of carbonyl (C=O) groups is 2. The molecule has 20 heavy (non-hydrogen) atoms. The number of hydrogen-bond acceptors (Lipinski definition) is 5. The minimum atomic E-state index is -0.694. The third-order valence-electron chi connectivity index (χ3n) is 1.81. The predicted octanol–water partition coefficient (Wildman–Crippen LogP) is 2.69. The Morgan fingerprint density at radius 3 is 2.50 bits per heavy atom. The number of nitrogens with one attached hydrogen (secondary N) is 1. The number of rotatable bonds is 3. The molecule has 1 heterocycles. The smallest absolute Gasteiger partial charge is 0.427 e. The van der Waals surface area contributed by atoms with Crippen LogP contribution in [-0.4, -0.2) is 33.4 Å². The van der Waals surface area contributed by atoms with Crippen LogP contribution in [0.2, 0.25) is 0 Å². The van der Waals surface area contributed by atoms with Crippen molar-refractivity contribution in [2.45, 2.75) is 46.3 Å². The van der Waals surface area contributed by atoms with Crippen molar-refractivity contribution in [3.8, 4) is 0 Å². The van der Waals surface area contributed by atoms with Crippen LogP contribution in [0.1, 0.15) is 45.2 Å². The molecular formula is C12H18BrN3O4. The molecule has 0 fully saturated rings. The van der Waals surface area contributed by atoms with Gasteiger partial charge in [-0.3, -0.25) is 0 Å². The Morgan fingerprint density at radius 1 is 1.40 bits per heavy atom. The van der Waals surface area contributed by atoms with E-state index in [9.17, 15) is 9.59 Å². The van der Waals surface area contributed by atoms with Gasteiger partial charge in [0.2, 0.25) is 5.82 Å². The number of nitrogens with zero attached hydrogens (tertiary/aromatic N) is 2. The highest BCUT2D eigenvalue weighted by molar-refractivity contribution is 9.10. The van der Waals surface area contributed by atoms with E-state index in [2.05, 4.69) is 26.3 Å². The molecule has 7 nitrogen and oxygen atoms in total. The average Bonchev–Trinajstić information content (AvgIpc) is 2.55. The molecule has 112 valence electrons. The summed E-state index contributed by atoms with van der Waals surface area (Å²) in [6.45, 7) is 8.67. The van der Waals surface area contributed by atoms with E-state index in [1.807, 2.05) is 0 Å². The minimum Gasteiger partial charge on any atom is -0.457 e. The van der Waals surface area contributed by atoms with Gasteiger partial charge in [-0.15, -0.1) is 0 Å². The van der Waals surface area contributed by atoms with Crippen molar-refractivity contribution in [3.05, 3.63) is 16.6 Å². The normalized spacial score (nSPS) is 11.3. The van der Waals surface area contributed by atoms with Crippen molar-refractivity contribution < 1.29 is 19.1 Å². The van der Waals surface area contributed by atoms with E-state index >= 15 is 0 Å². The Kier molecular flexibility index (Phi) is 5.15. The fraction of sp³-hybridized carbons (Fsp3) is 0.583. The van der Waals surface area contributed by atoms with Gasteiger partial charge in [0.15, 0.2) is 0 Å². The first-order chi connectivity index (χ1) is 9.08. The predicted molar refractivity (Wildman–Crippen MR) is 76.1 cm³/mol. The van der Waals surface area contributed by atoms with E-state index in [1.54, 1.807) is 34.6 Å². The summed E-state index contributed by atoms with van der Waals surface area (Å²) in [4.78, 5) is 27.5. The summed E-state index contributed by atoms with van der Waals surface area (Å²) in [6.07, 6.45) is 0.454. The van der Waals surface area contributed by atoms with Crippen LogP contribution in [0.15, 0.2) is 10.8 Å². The van der Waals surface area contributed by atoms with Crippen LogP contribution in [0, 0.1) is 0 Å². The Bertz CT molecular complexity index is 505. The number of esters is 1. The number of carbonyl (C=O) groups excluding carboxylic acids is 2. The highest BCUT2D eigenvalue weighted by Gasteiger charge is 2.21. The quantitative estimate of drug-likeness (QED) is 0.850. The van der Waals surface area contributed by atoms with Gasteiger partial charge in [0.1, 0.15) is 10.2 Å². The third-order valence-corrected chi connectivity index (χ3v) is 2.19. The van der Waals surface area contributed by atoms with Crippen LogP contribution in [0.5, 0.6) is 0 Å². The molecule has 0 radical (unpaired) electrons. The lowest BCUT2D eigenvalue weighted by molar-refractivity contribution is 0.0358. The van der Waals surface area contributed by atoms with Crippen LogP contribution >= 0.6 is 15.9 Å². The SMILES string of the molecule is CC(C)OC(=O)c1nc(Br)cn1NC(=O)OC(C)(C)C. The van der Waals surface area contributed by atoms with Crippen molar-refractivity contribution in [2.24, 2.45) is 0 Å². The zero-order valence-electron chi connectivity index (χ0n) is 12.1. The second kappa shape index (κ2) is 6.25. The van der Waals surface area contributed by atoms with Gasteiger partial charge in [-0.2, -0.15) is 0 Å². The Hall–Kier alpha value is -1.57. The first kappa shape index (κ1) is 16.5. The van der Waals surface area contributed by atoms with Crippen LogP contribution in [0.4, 0.5) is 4.79 Å². The Balaban J connectivity index is 2.85. The molecule has 0 atom stereocenters. The highest BCUT2D eigenvalue weighted by Crippen LogP contribution is 2.12. The molecule has 0 saturated carbocycles. The van der Waals surface area contributed by atoms with Gasteiger partial charge in [0, 0.05) is 0 Å². The third kappa shape index (κ3) is 5.20. The number of amides is 1. The molecular weight excluding hydrogens is 330 g/mol. The number of aromatic nitrogens is 2. The van der Waals surface area contributed by atoms with Gasteiger partial charge in [-0.25, -0.2) is 24.7 Å². The monoisotopic (exact) mass is 347 g/mol. The molecule has 1 N–H and O–H groups in total. The highest BCUT2D eigenvalue weighted by atomic mass is 79.9. The lowest BCUT2D eigenvalue weighted by Gasteiger charge is -2.20. The maximum atomic E-state index is 11.8. The summed E-state index contributed by atoms with van der Waals surface area (Å²) in [5.41, 5.74) is 1.77. The molecule has 0 aliphatic carbocycles. The molecule has 8 heteroatoms. The maximum Gasteiger partial charge on any atom is 0.427 e. The molecule has 0 saturated heterocycles. The van der Waals surface area contributed by atoms with Gasteiger partial charge in [-0.05, 0) is 50.5 Å².